The average Bonchev–Trinajstić information content (AvgIpc) is 3.23. The molecule has 3 heterocycles. The van der Waals surface area contributed by atoms with Crippen LogP contribution in [0.15, 0.2) is 49.1 Å². The molecule has 7 nitrogen and oxygen atoms in total. The minimum absolute atomic E-state index is 0.244. The third-order valence-corrected chi connectivity index (χ3v) is 4.36. The Bertz CT molecular complexity index is 1010. The molecule has 1 amide bonds. The minimum Gasteiger partial charge on any atom is -0.321 e. The molecule has 24 heavy (non-hydrogen) atoms. The first-order valence-electron chi connectivity index (χ1n) is 7.20. The van der Waals surface area contributed by atoms with Gasteiger partial charge >= 0.3 is 0 Å². The first-order valence-corrected chi connectivity index (χ1v) is 8.01. The van der Waals surface area contributed by atoms with E-state index in [1.165, 1.54) is 0 Å². The van der Waals surface area contributed by atoms with Crippen LogP contribution in [-0.4, -0.2) is 30.6 Å². The highest BCUT2D eigenvalue weighted by molar-refractivity contribution is 7.18. The van der Waals surface area contributed by atoms with Crippen LogP contribution in [0.2, 0.25) is 0 Å². The Balaban J connectivity index is 1.54. The number of amides is 1. The van der Waals surface area contributed by atoms with Crippen LogP contribution in [0.25, 0.3) is 16.0 Å². The van der Waals surface area contributed by atoms with Crippen molar-refractivity contribution in [1.29, 1.82) is 0 Å². The molecule has 1 aromatic carbocycles. The molecule has 0 spiro atoms. The number of thiazole rings is 1. The first kappa shape index (κ1) is 14.5. The van der Waals surface area contributed by atoms with Crippen molar-refractivity contribution in [3.8, 4) is 5.82 Å². The number of fused-ring (bicyclic) bond motifs is 1. The molecule has 0 bridgehead atoms. The summed E-state index contributed by atoms with van der Waals surface area (Å²) in [4.78, 5) is 20.7. The van der Waals surface area contributed by atoms with E-state index in [1.54, 1.807) is 46.8 Å². The van der Waals surface area contributed by atoms with E-state index in [2.05, 4.69) is 25.5 Å². The van der Waals surface area contributed by atoms with E-state index in [-0.39, 0.29) is 11.6 Å². The normalized spacial score (nSPS) is 10.9. The lowest BCUT2D eigenvalue weighted by atomic mass is 10.3. The molecule has 118 valence electrons. The quantitative estimate of drug-likeness (QED) is 0.622. The van der Waals surface area contributed by atoms with Gasteiger partial charge in [0.1, 0.15) is 6.33 Å². The van der Waals surface area contributed by atoms with Crippen LogP contribution in [-0.2, 0) is 0 Å². The van der Waals surface area contributed by atoms with Crippen LogP contribution in [0.1, 0.15) is 15.5 Å². The van der Waals surface area contributed by atoms with Gasteiger partial charge in [-0.3, -0.25) is 9.36 Å². The van der Waals surface area contributed by atoms with Crippen molar-refractivity contribution >= 4 is 33.1 Å². The van der Waals surface area contributed by atoms with Crippen molar-refractivity contribution in [1.82, 2.24) is 24.7 Å². The summed E-state index contributed by atoms with van der Waals surface area (Å²) in [5.41, 5.74) is 1.79. The zero-order valence-corrected chi connectivity index (χ0v) is 13.5. The van der Waals surface area contributed by atoms with E-state index < -0.39 is 0 Å². The summed E-state index contributed by atoms with van der Waals surface area (Å²) in [6.07, 6.45) is 5.03. The van der Waals surface area contributed by atoms with E-state index in [4.69, 9.17) is 0 Å². The van der Waals surface area contributed by atoms with Gasteiger partial charge in [-0.25, -0.2) is 9.97 Å². The number of aromatic nitrogens is 5. The first-order chi connectivity index (χ1) is 11.7. The topological polar surface area (TPSA) is 85.6 Å². The molecule has 0 aliphatic heterocycles. The number of aryl methyl sites for hydroxylation is 1. The molecule has 1 N–H and O–H groups in total. The van der Waals surface area contributed by atoms with Crippen molar-refractivity contribution in [2.75, 3.05) is 5.32 Å². The standard InChI is InChI=1S/C16H12N6OS/c1-10-18-13-8-11(2-4-14(13)24-10)19-16(23)12-3-5-15(21-20-12)22-7-6-17-9-22/h2-9H,1H3,(H,19,23). The third-order valence-electron chi connectivity index (χ3n) is 3.40. The maximum Gasteiger partial charge on any atom is 0.276 e. The fraction of sp³-hybridized carbons (Fsp3) is 0.0625. The number of hydrogen-bond acceptors (Lipinski definition) is 6. The summed E-state index contributed by atoms with van der Waals surface area (Å²) in [6, 6.07) is 9.00. The smallest absolute Gasteiger partial charge is 0.276 e. The van der Waals surface area contributed by atoms with Crippen LogP contribution >= 0.6 is 11.3 Å². The molecular formula is C16H12N6OS. The van der Waals surface area contributed by atoms with Crippen LogP contribution in [0.4, 0.5) is 5.69 Å². The van der Waals surface area contributed by atoms with E-state index in [0.717, 1.165) is 15.2 Å². The van der Waals surface area contributed by atoms with Crippen LogP contribution < -0.4 is 5.32 Å². The summed E-state index contributed by atoms with van der Waals surface area (Å²) in [5, 5.41) is 11.8. The number of nitrogens with zero attached hydrogens (tertiary/aromatic N) is 5. The molecule has 0 saturated heterocycles. The summed E-state index contributed by atoms with van der Waals surface area (Å²) in [6.45, 7) is 1.96. The van der Waals surface area contributed by atoms with Gasteiger partial charge in [0.15, 0.2) is 11.5 Å². The van der Waals surface area contributed by atoms with E-state index in [0.29, 0.717) is 11.5 Å². The van der Waals surface area contributed by atoms with Crippen molar-refractivity contribution in [3.63, 3.8) is 0 Å². The van der Waals surface area contributed by atoms with E-state index in [9.17, 15) is 4.79 Å². The molecule has 0 aliphatic carbocycles. The minimum atomic E-state index is -0.314. The number of rotatable bonds is 3. The Morgan fingerprint density at radius 1 is 1.21 bits per heavy atom. The highest BCUT2D eigenvalue weighted by atomic mass is 32.1. The Morgan fingerprint density at radius 2 is 2.12 bits per heavy atom. The maximum absolute atomic E-state index is 12.3. The zero-order chi connectivity index (χ0) is 16.5. The second-order valence-electron chi connectivity index (χ2n) is 5.12. The van der Waals surface area contributed by atoms with Gasteiger partial charge in [-0.2, -0.15) is 0 Å². The van der Waals surface area contributed by atoms with Crippen LogP contribution in [0, 0.1) is 6.92 Å². The lowest BCUT2D eigenvalue weighted by molar-refractivity contribution is 0.102. The molecule has 4 aromatic rings. The molecule has 4 rings (SSSR count). The number of benzene rings is 1. The predicted octanol–water partition coefficient (Wildman–Crippen LogP) is 2.83. The molecule has 0 radical (unpaired) electrons. The van der Waals surface area contributed by atoms with Crippen LogP contribution in [0.3, 0.4) is 0 Å². The largest absolute Gasteiger partial charge is 0.321 e. The van der Waals surface area contributed by atoms with Gasteiger partial charge in [-0.1, -0.05) is 0 Å². The summed E-state index contributed by atoms with van der Waals surface area (Å²) in [7, 11) is 0. The fourth-order valence-corrected chi connectivity index (χ4v) is 3.10. The van der Waals surface area contributed by atoms with Crippen LogP contribution in [0.5, 0.6) is 0 Å². The highest BCUT2D eigenvalue weighted by Gasteiger charge is 2.10. The average molecular weight is 336 g/mol. The van der Waals surface area contributed by atoms with Gasteiger partial charge < -0.3 is 5.32 Å². The summed E-state index contributed by atoms with van der Waals surface area (Å²) >= 11 is 1.62. The van der Waals surface area contributed by atoms with E-state index >= 15 is 0 Å². The van der Waals surface area contributed by atoms with Gasteiger partial charge in [-0.15, -0.1) is 21.5 Å². The predicted molar refractivity (Wildman–Crippen MR) is 91.5 cm³/mol. The highest BCUT2D eigenvalue weighted by Crippen LogP contribution is 2.24. The number of nitrogens with one attached hydrogen (secondary N) is 1. The van der Waals surface area contributed by atoms with Crippen molar-refractivity contribution in [2.24, 2.45) is 0 Å². The number of carbonyl (C=O) groups is 1. The fourth-order valence-electron chi connectivity index (χ4n) is 2.29. The molecule has 0 unspecified atom stereocenters. The second kappa shape index (κ2) is 5.82. The molecule has 0 saturated carbocycles. The second-order valence-corrected chi connectivity index (χ2v) is 6.35. The van der Waals surface area contributed by atoms with Crippen molar-refractivity contribution < 1.29 is 4.79 Å². The Kier molecular flexibility index (Phi) is 3.51. The Morgan fingerprint density at radius 3 is 2.88 bits per heavy atom. The monoisotopic (exact) mass is 336 g/mol. The third kappa shape index (κ3) is 2.74. The number of imidazole rings is 1. The van der Waals surface area contributed by atoms with Gasteiger partial charge in [0.25, 0.3) is 5.91 Å². The van der Waals surface area contributed by atoms with Gasteiger partial charge in [-0.05, 0) is 37.3 Å². The number of carbonyl (C=O) groups excluding carboxylic acids is 1. The molecule has 0 aliphatic rings. The Labute approximate surface area is 141 Å². The molecular weight excluding hydrogens is 324 g/mol. The van der Waals surface area contributed by atoms with Crippen molar-refractivity contribution in [3.05, 3.63) is 59.8 Å². The van der Waals surface area contributed by atoms with Gasteiger partial charge in [0.05, 0.1) is 15.2 Å². The molecule has 3 aromatic heterocycles. The Hall–Kier alpha value is -3.13. The van der Waals surface area contributed by atoms with E-state index in [1.807, 2.05) is 25.1 Å². The zero-order valence-electron chi connectivity index (χ0n) is 12.7. The van der Waals surface area contributed by atoms with Crippen molar-refractivity contribution in [2.45, 2.75) is 6.92 Å². The number of anilines is 1. The number of hydrogen-bond donors (Lipinski definition) is 1. The molecule has 0 fully saturated rings. The van der Waals surface area contributed by atoms with Gasteiger partial charge in [0.2, 0.25) is 0 Å². The van der Waals surface area contributed by atoms with Gasteiger partial charge in [0, 0.05) is 18.1 Å². The SMILES string of the molecule is Cc1nc2cc(NC(=O)c3ccc(-n4ccnc4)nn3)ccc2s1. The summed E-state index contributed by atoms with van der Waals surface area (Å²) in [5.74, 6) is 0.286. The summed E-state index contributed by atoms with van der Waals surface area (Å²) < 4.78 is 2.81. The lowest BCUT2D eigenvalue weighted by Gasteiger charge is -2.05. The molecule has 0 atom stereocenters. The lowest BCUT2D eigenvalue weighted by Crippen LogP contribution is -2.14. The molecule has 8 heteroatoms. The maximum atomic E-state index is 12.3.